The molecule has 3 heterocycles. The molecule has 0 saturated carbocycles. The lowest BCUT2D eigenvalue weighted by Crippen LogP contribution is -2.55. The van der Waals surface area contributed by atoms with Crippen LogP contribution in [0.25, 0.3) is 11.3 Å². The van der Waals surface area contributed by atoms with Crippen LogP contribution in [-0.4, -0.2) is 67.2 Å². The van der Waals surface area contributed by atoms with Gasteiger partial charge >= 0.3 is 12.2 Å². The molecule has 9 nitrogen and oxygen atoms in total. The first-order valence-corrected chi connectivity index (χ1v) is 13.1. The SMILES string of the molecule is COc1cc(N2CCN(C(=O)N3CCC(N=O)(c4cccc(C(F)(F)F)c4)CC3)CC2)ccc1-c1cnc(C)o1. The second-order valence-electron chi connectivity index (χ2n) is 10.1. The number of ether oxygens (including phenoxy) is 1. The third-order valence-corrected chi connectivity index (χ3v) is 7.75. The average molecular weight is 558 g/mol. The lowest BCUT2D eigenvalue weighted by Gasteiger charge is -2.42. The fraction of sp³-hybridized carbons (Fsp3) is 0.429. The number of benzene rings is 2. The van der Waals surface area contributed by atoms with Crippen molar-refractivity contribution in [3.05, 3.63) is 70.6 Å². The Bertz CT molecular complexity index is 1380. The van der Waals surface area contributed by atoms with Crippen molar-refractivity contribution < 1.29 is 27.1 Å². The molecule has 2 aromatic carbocycles. The Hall–Kier alpha value is -4.09. The molecule has 2 aliphatic heterocycles. The van der Waals surface area contributed by atoms with Crippen LogP contribution >= 0.6 is 0 Å². The van der Waals surface area contributed by atoms with E-state index in [2.05, 4.69) is 15.1 Å². The summed E-state index contributed by atoms with van der Waals surface area (Å²) in [4.78, 5) is 34.9. The predicted octanol–water partition coefficient (Wildman–Crippen LogP) is 5.68. The largest absolute Gasteiger partial charge is 0.496 e. The van der Waals surface area contributed by atoms with Gasteiger partial charge in [-0.15, -0.1) is 4.91 Å². The fourth-order valence-electron chi connectivity index (χ4n) is 5.41. The van der Waals surface area contributed by atoms with Crippen LogP contribution in [0.4, 0.5) is 23.7 Å². The van der Waals surface area contributed by atoms with Crippen molar-refractivity contribution in [2.24, 2.45) is 5.18 Å². The van der Waals surface area contributed by atoms with Crippen molar-refractivity contribution in [2.45, 2.75) is 31.5 Å². The first-order valence-electron chi connectivity index (χ1n) is 13.1. The van der Waals surface area contributed by atoms with Crippen molar-refractivity contribution in [2.75, 3.05) is 51.3 Å². The summed E-state index contributed by atoms with van der Waals surface area (Å²) < 4.78 is 50.9. The summed E-state index contributed by atoms with van der Waals surface area (Å²) in [5, 5.41) is 3.27. The quantitative estimate of drug-likeness (QED) is 0.375. The van der Waals surface area contributed by atoms with E-state index in [9.17, 15) is 22.9 Å². The molecule has 0 aliphatic carbocycles. The summed E-state index contributed by atoms with van der Waals surface area (Å²) in [7, 11) is 1.60. The molecule has 2 amide bonds. The van der Waals surface area contributed by atoms with E-state index in [4.69, 9.17) is 9.15 Å². The Balaban J connectivity index is 1.20. The number of halogens is 3. The standard InChI is InChI=1S/C28H30F3N5O4/c1-19-32-18-25(40-19)23-7-6-22(17-24(23)39-2)34-12-14-36(15-13-34)26(37)35-10-8-27(33-38,9-11-35)20-4-3-5-21(16-20)28(29,30)31/h3-7,16-18H,8-15H2,1-2H3. The fourth-order valence-corrected chi connectivity index (χ4v) is 5.41. The smallest absolute Gasteiger partial charge is 0.416 e. The normalized spacial score (nSPS) is 17.6. The molecule has 3 aromatic rings. The minimum Gasteiger partial charge on any atom is -0.496 e. The maximum absolute atomic E-state index is 13.3. The van der Waals surface area contributed by atoms with Crippen LogP contribution in [0.5, 0.6) is 5.75 Å². The topological polar surface area (TPSA) is 91.5 Å². The van der Waals surface area contributed by atoms with Crippen molar-refractivity contribution >= 4 is 11.7 Å². The molecule has 2 fully saturated rings. The molecule has 12 heteroatoms. The molecule has 0 N–H and O–H groups in total. The van der Waals surface area contributed by atoms with Gasteiger partial charge in [-0.05, 0) is 42.7 Å². The molecule has 212 valence electrons. The Morgan fingerprint density at radius 3 is 2.33 bits per heavy atom. The molecular formula is C28H30F3N5O4. The third kappa shape index (κ3) is 5.34. The Labute approximate surface area is 229 Å². The summed E-state index contributed by atoms with van der Waals surface area (Å²) in [6.07, 6.45) is -2.52. The van der Waals surface area contributed by atoms with E-state index in [-0.39, 0.29) is 37.5 Å². The number of nitrogens with zero attached hydrogens (tertiary/aromatic N) is 5. The van der Waals surface area contributed by atoms with Crippen molar-refractivity contribution in [1.29, 1.82) is 0 Å². The highest BCUT2D eigenvalue weighted by atomic mass is 19.4. The average Bonchev–Trinajstić information content (AvgIpc) is 3.42. The molecule has 0 radical (unpaired) electrons. The molecule has 0 bridgehead atoms. The molecule has 5 rings (SSSR count). The highest BCUT2D eigenvalue weighted by Crippen LogP contribution is 2.40. The number of aromatic nitrogens is 1. The monoisotopic (exact) mass is 557 g/mol. The van der Waals surface area contributed by atoms with E-state index < -0.39 is 17.3 Å². The van der Waals surface area contributed by atoms with Crippen LogP contribution in [-0.2, 0) is 11.7 Å². The Morgan fingerprint density at radius 2 is 1.73 bits per heavy atom. The van der Waals surface area contributed by atoms with Gasteiger partial charge in [0.1, 0.15) is 11.3 Å². The van der Waals surface area contributed by atoms with Crippen LogP contribution in [0.15, 0.2) is 58.3 Å². The number of nitroso groups, excluding NO2 is 1. The minimum atomic E-state index is -4.51. The summed E-state index contributed by atoms with van der Waals surface area (Å²) in [6, 6.07) is 10.5. The van der Waals surface area contributed by atoms with E-state index in [1.54, 1.807) is 30.0 Å². The Kier molecular flexibility index (Phi) is 7.43. The Morgan fingerprint density at radius 1 is 1.02 bits per heavy atom. The van der Waals surface area contributed by atoms with Gasteiger partial charge in [0.25, 0.3) is 0 Å². The number of rotatable bonds is 5. The number of carbonyl (C=O) groups is 1. The van der Waals surface area contributed by atoms with Gasteiger partial charge in [0.2, 0.25) is 0 Å². The summed E-state index contributed by atoms with van der Waals surface area (Å²) in [6.45, 7) is 4.50. The summed E-state index contributed by atoms with van der Waals surface area (Å²) in [5.41, 5.74) is -0.101. The van der Waals surface area contributed by atoms with Gasteiger partial charge in [0, 0.05) is 57.9 Å². The number of carbonyl (C=O) groups excluding carboxylic acids is 1. The second kappa shape index (κ2) is 10.8. The van der Waals surface area contributed by atoms with Crippen LogP contribution < -0.4 is 9.64 Å². The van der Waals surface area contributed by atoms with Gasteiger partial charge in [-0.3, -0.25) is 0 Å². The first kappa shape index (κ1) is 27.5. The van der Waals surface area contributed by atoms with Crippen LogP contribution in [0, 0.1) is 11.8 Å². The number of oxazole rings is 1. The molecule has 40 heavy (non-hydrogen) atoms. The zero-order valence-corrected chi connectivity index (χ0v) is 22.3. The zero-order valence-electron chi connectivity index (χ0n) is 22.3. The number of alkyl halides is 3. The maximum atomic E-state index is 13.3. The zero-order chi connectivity index (χ0) is 28.5. The minimum absolute atomic E-state index is 0.142. The molecule has 2 aliphatic rings. The second-order valence-corrected chi connectivity index (χ2v) is 10.1. The van der Waals surface area contributed by atoms with Gasteiger partial charge < -0.3 is 23.9 Å². The highest BCUT2D eigenvalue weighted by Gasteiger charge is 2.41. The van der Waals surface area contributed by atoms with Crippen LogP contribution in [0.1, 0.15) is 29.9 Å². The number of hydrogen-bond donors (Lipinski definition) is 0. The number of amides is 2. The van der Waals surface area contributed by atoms with Crippen LogP contribution in [0.3, 0.4) is 0 Å². The molecule has 0 atom stereocenters. The first-order chi connectivity index (χ1) is 19.1. The number of piperazine rings is 1. The number of likely N-dealkylation sites (tertiary alicyclic amines) is 1. The van der Waals surface area contributed by atoms with E-state index in [0.717, 1.165) is 23.4 Å². The molecule has 1 aromatic heterocycles. The van der Waals surface area contributed by atoms with Gasteiger partial charge in [-0.1, -0.05) is 17.3 Å². The molecular weight excluding hydrogens is 527 g/mol. The summed E-state index contributed by atoms with van der Waals surface area (Å²) >= 11 is 0. The van der Waals surface area contributed by atoms with Gasteiger partial charge in [-0.2, -0.15) is 13.2 Å². The van der Waals surface area contributed by atoms with Crippen molar-refractivity contribution in [1.82, 2.24) is 14.8 Å². The summed E-state index contributed by atoms with van der Waals surface area (Å²) in [5.74, 6) is 1.85. The van der Waals surface area contributed by atoms with E-state index in [1.165, 1.54) is 12.1 Å². The molecule has 0 spiro atoms. The number of anilines is 1. The lowest BCUT2D eigenvalue weighted by atomic mass is 9.81. The molecule has 0 unspecified atom stereocenters. The maximum Gasteiger partial charge on any atom is 0.416 e. The van der Waals surface area contributed by atoms with Gasteiger partial charge in [0.15, 0.2) is 11.7 Å². The van der Waals surface area contributed by atoms with E-state index in [1.807, 2.05) is 18.2 Å². The van der Waals surface area contributed by atoms with E-state index in [0.29, 0.717) is 43.6 Å². The predicted molar refractivity (Wildman–Crippen MR) is 142 cm³/mol. The van der Waals surface area contributed by atoms with Crippen molar-refractivity contribution in [3.63, 3.8) is 0 Å². The highest BCUT2D eigenvalue weighted by molar-refractivity contribution is 5.75. The van der Waals surface area contributed by atoms with E-state index >= 15 is 0 Å². The number of piperidine rings is 1. The van der Waals surface area contributed by atoms with Crippen LogP contribution in [0.2, 0.25) is 0 Å². The van der Waals surface area contributed by atoms with Gasteiger partial charge in [0.05, 0.1) is 24.4 Å². The molecule has 2 saturated heterocycles. The number of hydrogen-bond acceptors (Lipinski definition) is 7. The number of methoxy groups -OCH3 is 1. The van der Waals surface area contributed by atoms with Crippen molar-refractivity contribution in [3.8, 4) is 17.1 Å². The number of urea groups is 1. The lowest BCUT2D eigenvalue weighted by molar-refractivity contribution is -0.137. The third-order valence-electron chi connectivity index (χ3n) is 7.75. The number of aryl methyl sites for hydroxylation is 1. The van der Waals surface area contributed by atoms with Gasteiger partial charge in [-0.25, -0.2) is 9.78 Å².